The Labute approximate surface area is 172 Å². The lowest BCUT2D eigenvalue weighted by molar-refractivity contribution is 0.408. The van der Waals surface area contributed by atoms with E-state index in [2.05, 4.69) is 15.3 Å². The average Bonchev–Trinajstić information content (AvgIpc) is 3.12. The van der Waals surface area contributed by atoms with Gasteiger partial charge in [-0.2, -0.15) is 5.10 Å². The van der Waals surface area contributed by atoms with Gasteiger partial charge in [0.25, 0.3) is 5.56 Å². The molecule has 148 valence electrons. The Morgan fingerprint density at radius 2 is 1.73 bits per heavy atom. The number of ether oxygens (including phenoxy) is 1. The van der Waals surface area contributed by atoms with Crippen LogP contribution in [0.15, 0.2) is 71.7 Å². The van der Waals surface area contributed by atoms with Gasteiger partial charge in [-0.1, -0.05) is 48.5 Å². The quantitative estimate of drug-likeness (QED) is 0.464. The molecule has 0 saturated carbocycles. The molecule has 0 aliphatic heterocycles. The van der Waals surface area contributed by atoms with Gasteiger partial charge in [0.15, 0.2) is 11.2 Å². The van der Waals surface area contributed by atoms with E-state index in [0.29, 0.717) is 17.7 Å². The summed E-state index contributed by atoms with van der Waals surface area (Å²) in [6.07, 6.45) is 1.76. The van der Waals surface area contributed by atoms with E-state index in [1.165, 1.54) is 0 Å². The number of para-hydroxylation sites is 1. The zero-order valence-corrected chi connectivity index (χ0v) is 16.6. The molecule has 0 radical (unpaired) electrons. The fraction of sp³-hybridized carbons (Fsp3) is 0.130. The van der Waals surface area contributed by atoms with Gasteiger partial charge in [-0.15, -0.1) is 10.2 Å². The first-order valence-electron chi connectivity index (χ1n) is 9.60. The lowest BCUT2D eigenvalue weighted by atomic mass is 10.1. The monoisotopic (exact) mass is 397 g/mol. The van der Waals surface area contributed by atoms with Gasteiger partial charge in [0, 0.05) is 11.8 Å². The third kappa shape index (κ3) is 2.83. The van der Waals surface area contributed by atoms with E-state index in [1.54, 1.807) is 22.4 Å². The van der Waals surface area contributed by atoms with Crippen molar-refractivity contribution in [3.63, 3.8) is 0 Å². The molecule has 0 unspecified atom stereocenters. The lowest BCUT2D eigenvalue weighted by Gasteiger charge is -2.11. The molecule has 0 bridgehead atoms. The zero-order valence-electron chi connectivity index (χ0n) is 16.6. The highest BCUT2D eigenvalue weighted by Crippen LogP contribution is 2.27. The largest absolute Gasteiger partial charge is 0.496 e. The number of hydrogen-bond acceptors (Lipinski definition) is 5. The summed E-state index contributed by atoms with van der Waals surface area (Å²) in [6.45, 7) is 2.32. The highest BCUT2D eigenvalue weighted by Gasteiger charge is 2.17. The minimum atomic E-state index is -0.220. The van der Waals surface area contributed by atoms with Gasteiger partial charge in [-0.05, 0) is 24.6 Å². The van der Waals surface area contributed by atoms with Crippen LogP contribution in [0.5, 0.6) is 5.75 Å². The second-order valence-corrected chi connectivity index (χ2v) is 7.06. The van der Waals surface area contributed by atoms with Crippen LogP contribution in [0.2, 0.25) is 0 Å². The van der Waals surface area contributed by atoms with Gasteiger partial charge in [-0.3, -0.25) is 4.79 Å². The molecule has 3 heterocycles. The SMILES string of the molecule is COc1ccccc1Cn1ccc2c(nnc3c(-c4ccccc4)c(C)nn32)c1=O. The molecular weight excluding hydrogens is 378 g/mol. The number of hydrogen-bond donors (Lipinski definition) is 0. The fourth-order valence-electron chi connectivity index (χ4n) is 3.77. The summed E-state index contributed by atoms with van der Waals surface area (Å²) >= 11 is 0. The predicted molar refractivity (Wildman–Crippen MR) is 115 cm³/mol. The number of aryl methyl sites for hydroxylation is 1. The molecular formula is C23H19N5O2. The van der Waals surface area contributed by atoms with Crippen molar-refractivity contribution < 1.29 is 4.74 Å². The molecule has 0 N–H and O–H groups in total. The molecule has 30 heavy (non-hydrogen) atoms. The van der Waals surface area contributed by atoms with Crippen LogP contribution in [0, 0.1) is 6.92 Å². The molecule has 7 nitrogen and oxygen atoms in total. The van der Waals surface area contributed by atoms with E-state index in [-0.39, 0.29) is 11.1 Å². The Bertz CT molecular complexity index is 1440. The molecule has 7 heteroatoms. The van der Waals surface area contributed by atoms with Crippen LogP contribution in [-0.2, 0) is 6.54 Å². The number of fused-ring (bicyclic) bond motifs is 3. The van der Waals surface area contributed by atoms with Crippen LogP contribution in [0.4, 0.5) is 0 Å². The van der Waals surface area contributed by atoms with Gasteiger partial charge >= 0.3 is 0 Å². The molecule has 0 spiro atoms. The third-order valence-electron chi connectivity index (χ3n) is 5.22. The number of nitrogens with zero attached hydrogens (tertiary/aromatic N) is 5. The molecule has 5 rings (SSSR count). The Balaban J connectivity index is 1.67. The molecule has 2 aromatic carbocycles. The van der Waals surface area contributed by atoms with Gasteiger partial charge in [0.2, 0.25) is 0 Å². The fourth-order valence-corrected chi connectivity index (χ4v) is 3.77. The molecule has 0 aliphatic carbocycles. The van der Waals surface area contributed by atoms with E-state index < -0.39 is 0 Å². The van der Waals surface area contributed by atoms with Gasteiger partial charge in [-0.25, -0.2) is 4.52 Å². The summed E-state index contributed by atoms with van der Waals surface area (Å²) in [5.74, 6) is 0.737. The highest BCUT2D eigenvalue weighted by atomic mass is 16.5. The standard InChI is InChI=1S/C23H19N5O2/c1-15-20(16-8-4-3-5-9-16)22-25-24-21-18(28(22)26-15)12-13-27(23(21)29)14-17-10-6-7-11-19(17)30-2/h3-13H,14H2,1-2H3. The van der Waals surface area contributed by atoms with Gasteiger partial charge in [0.1, 0.15) is 11.3 Å². The summed E-state index contributed by atoms with van der Waals surface area (Å²) in [5, 5.41) is 13.3. The number of aromatic nitrogens is 5. The zero-order chi connectivity index (χ0) is 20.7. The van der Waals surface area contributed by atoms with E-state index in [1.807, 2.05) is 67.6 Å². The molecule has 0 aliphatic rings. The number of rotatable bonds is 4. The van der Waals surface area contributed by atoms with Crippen molar-refractivity contribution >= 4 is 16.7 Å². The highest BCUT2D eigenvalue weighted by molar-refractivity contribution is 5.84. The van der Waals surface area contributed by atoms with Crippen molar-refractivity contribution in [2.75, 3.05) is 7.11 Å². The molecule has 0 atom stereocenters. The normalized spacial score (nSPS) is 11.3. The van der Waals surface area contributed by atoms with E-state index in [4.69, 9.17) is 4.74 Å². The van der Waals surface area contributed by atoms with Crippen molar-refractivity contribution in [3.8, 4) is 16.9 Å². The maximum absolute atomic E-state index is 13.1. The first kappa shape index (κ1) is 18.1. The van der Waals surface area contributed by atoms with Crippen LogP contribution in [0.25, 0.3) is 27.8 Å². The van der Waals surface area contributed by atoms with Crippen LogP contribution < -0.4 is 10.3 Å². The Morgan fingerprint density at radius 1 is 0.967 bits per heavy atom. The van der Waals surface area contributed by atoms with Crippen molar-refractivity contribution in [1.29, 1.82) is 0 Å². The van der Waals surface area contributed by atoms with Crippen LogP contribution in [-0.4, -0.2) is 31.5 Å². The van der Waals surface area contributed by atoms with Crippen molar-refractivity contribution in [2.24, 2.45) is 0 Å². The van der Waals surface area contributed by atoms with Crippen molar-refractivity contribution in [3.05, 3.63) is 88.5 Å². The average molecular weight is 397 g/mol. The first-order chi connectivity index (χ1) is 14.7. The summed E-state index contributed by atoms with van der Waals surface area (Å²) in [6, 6.07) is 19.4. The van der Waals surface area contributed by atoms with Crippen molar-refractivity contribution in [1.82, 2.24) is 24.4 Å². The lowest BCUT2D eigenvalue weighted by Crippen LogP contribution is -2.22. The van der Waals surface area contributed by atoms with E-state index >= 15 is 0 Å². The number of methoxy groups -OCH3 is 1. The summed E-state index contributed by atoms with van der Waals surface area (Å²) in [5.41, 5.74) is 5.01. The maximum atomic E-state index is 13.1. The molecule has 0 saturated heterocycles. The number of benzene rings is 2. The van der Waals surface area contributed by atoms with Crippen LogP contribution >= 0.6 is 0 Å². The molecule has 5 aromatic rings. The first-order valence-corrected chi connectivity index (χ1v) is 9.60. The van der Waals surface area contributed by atoms with E-state index in [0.717, 1.165) is 28.1 Å². The molecule has 3 aromatic heterocycles. The van der Waals surface area contributed by atoms with Crippen molar-refractivity contribution in [2.45, 2.75) is 13.5 Å². The van der Waals surface area contributed by atoms with Crippen LogP contribution in [0.1, 0.15) is 11.3 Å². The van der Waals surface area contributed by atoms with Crippen LogP contribution in [0.3, 0.4) is 0 Å². The minimum absolute atomic E-state index is 0.220. The number of pyridine rings is 1. The topological polar surface area (TPSA) is 74.3 Å². The molecule has 0 amide bonds. The third-order valence-corrected chi connectivity index (χ3v) is 5.22. The summed E-state index contributed by atoms with van der Waals surface area (Å²) in [4.78, 5) is 13.1. The molecule has 0 fully saturated rings. The van der Waals surface area contributed by atoms with Gasteiger partial charge < -0.3 is 9.30 Å². The van der Waals surface area contributed by atoms with Gasteiger partial charge in [0.05, 0.1) is 24.9 Å². The Morgan fingerprint density at radius 3 is 2.53 bits per heavy atom. The Hall–Kier alpha value is -4.00. The van der Waals surface area contributed by atoms with E-state index in [9.17, 15) is 4.79 Å². The second-order valence-electron chi connectivity index (χ2n) is 7.06. The minimum Gasteiger partial charge on any atom is -0.496 e. The second kappa shape index (κ2) is 7.11. The maximum Gasteiger partial charge on any atom is 0.280 e. The Kier molecular flexibility index (Phi) is 4.28. The summed E-state index contributed by atoms with van der Waals surface area (Å²) < 4.78 is 8.71. The smallest absolute Gasteiger partial charge is 0.280 e. The summed E-state index contributed by atoms with van der Waals surface area (Å²) in [7, 11) is 1.62. The predicted octanol–water partition coefficient (Wildman–Crippen LogP) is 3.47.